The van der Waals surface area contributed by atoms with Gasteiger partial charge in [-0.25, -0.2) is 4.68 Å². The van der Waals surface area contributed by atoms with Crippen molar-refractivity contribution in [1.29, 1.82) is 0 Å². The highest BCUT2D eigenvalue weighted by molar-refractivity contribution is 5.42. The van der Waals surface area contributed by atoms with Gasteiger partial charge in [-0.05, 0) is 42.9 Å². The number of aromatic nitrogens is 2. The molecule has 0 amide bonds. The fourth-order valence-corrected chi connectivity index (χ4v) is 3.38. The summed E-state index contributed by atoms with van der Waals surface area (Å²) in [7, 11) is 0. The van der Waals surface area contributed by atoms with Gasteiger partial charge in [0, 0.05) is 5.92 Å². The fourth-order valence-electron chi connectivity index (χ4n) is 3.38. The van der Waals surface area contributed by atoms with Crippen LogP contribution in [0.3, 0.4) is 0 Å². The molecule has 1 aromatic heterocycles. The predicted octanol–water partition coefficient (Wildman–Crippen LogP) is 3.24. The monoisotopic (exact) mass is 210 g/mol. The molecule has 2 atom stereocenters. The highest BCUT2D eigenvalue weighted by atomic mass is 15.3. The number of hydrogen-bond donors (Lipinski definition) is 0. The lowest BCUT2D eigenvalue weighted by Crippen LogP contribution is -2.05. The summed E-state index contributed by atoms with van der Waals surface area (Å²) in [6.07, 6.45) is 6.18. The summed E-state index contributed by atoms with van der Waals surface area (Å²) < 4.78 is 2.15. The van der Waals surface area contributed by atoms with E-state index in [0.717, 1.165) is 11.8 Å². The van der Waals surface area contributed by atoms with Gasteiger partial charge in [-0.3, -0.25) is 0 Å². The van der Waals surface area contributed by atoms with E-state index in [1.807, 2.05) is 0 Å². The van der Waals surface area contributed by atoms with E-state index in [4.69, 9.17) is 0 Å². The van der Waals surface area contributed by atoms with E-state index in [-0.39, 0.29) is 0 Å². The van der Waals surface area contributed by atoms with Crippen molar-refractivity contribution in [1.82, 2.24) is 9.78 Å². The van der Waals surface area contributed by atoms with Gasteiger partial charge in [-0.1, -0.05) is 18.2 Å². The Morgan fingerprint density at radius 3 is 2.75 bits per heavy atom. The first-order valence-corrected chi connectivity index (χ1v) is 6.07. The molecule has 4 rings (SSSR count). The van der Waals surface area contributed by atoms with E-state index in [9.17, 15) is 0 Å². The minimum Gasteiger partial charge on any atom is -0.237 e. The Bertz CT molecular complexity index is 527. The summed E-state index contributed by atoms with van der Waals surface area (Å²) in [5.41, 5.74) is 4.21. The largest absolute Gasteiger partial charge is 0.237 e. The van der Waals surface area contributed by atoms with E-state index < -0.39 is 0 Å². The maximum Gasteiger partial charge on any atom is 0.0649 e. The summed E-state index contributed by atoms with van der Waals surface area (Å²) in [5, 5.41) is 4.57. The maximum atomic E-state index is 4.57. The number of benzene rings is 1. The number of rotatable bonds is 1. The number of fused-ring (bicyclic) bond motifs is 5. The van der Waals surface area contributed by atoms with Gasteiger partial charge in [0.05, 0.1) is 17.6 Å². The van der Waals surface area contributed by atoms with Gasteiger partial charge in [0.1, 0.15) is 0 Å². The van der Waals surface area contributed by atoms with Crippen LogP contribution in [0, 0.1) is 0 Å². The highest BCUT2D eigenvalue weighted by Gasteiger charge is 2.40. The van der Waals surface area contributed by atoms with Crippen LogP contribution in [0.15, 0.2) is 36.5 Å². The Morgan fingerprint density at radius 2 is 1.88 bits per heavy atom. The Balaban J connectivity index is 1.90. The zero-order valence-electron chi connectivity index (χ0n) is 9.13. The van der Waals surface area contributed by atoms with Gasteiger partial charge in [-0.2, -0.15) is 5.10 Å². The molecule has 2 nitrogen and oxygen atoms in total. The number of nitrogens with zero attached hydrogens (tertiary/aromatic N) is 2. The molecule has 2 unspecified atom stereocenters. The predicted molar refractivity (Wildman–Crippen MR) is 62.9 cm³/mol. The molecule has 2 aliphatic rings. The van der Waals surface area contributed by atoms with E-state index in [0.29, 0.717) is 0 Å². The van der Waals surface area contributed by atoms with Gasteiger partial charge >= 0.3 is 0 Å². The standard InChI is InChI=1S/C14H14N2/c1-2-4-12(5-3-1)16-14-11-7-6-10(8-11)13(14)9-15-16/h1-5,9-11H,6-8H2. The Labute approximate surface area is 94.9 Å². The zero-order chi connectivity index (χ0) is 10.5. The number of para-hydroxylation sites is 1. The lowest BCUT2D eigenvalue weighted by molar-refractivity contribution is 0.664. The molecule has 80 valence electrons. The van der Waals surface area contributed by atoms with E-state index in [1.54, 1.807) is 0 Å². The van der Waals surface area contributed by atoms with Crippen molar-refractivity contribution < 1.29 is 0 Å². The van der Waals surface area contributed by atoms with Crippen molar-refractivity contribution in [2.24, 2.45) is 0 Å². The zero-order valence-corrected chi connectivity index (χ0v) is 9.13. The van der Waals surface area contributed by atoms with Crippen LogP contribution in [0.2, 0.25) is 0 Å². The normalized spacial score (nSPS) is 26.0. The smallest absolute Gasteiger partial charge is 0.0649 e. The van der Waals surface area contributed by atoms with Crippen molar-refractivity contribution in [2.75, 3.05) is 0 Å². The quantitative estimate of drug-likeness (QED) is 0.706. The topological polar surface area (TPSA) is 17.8 Å². The molecule has 0 radical (unpaired) electrons. The molecular formula is C14H14N2. The molecule has 0 N–H and O–H groups in total. The SMILES string of the molecule is c1ccc(-n2ncc3c2C2CCC3C2)cc1. The van der Waals surface area contributed by atoms with Crippen molar-refractivity contribution in [3.05, 3.63) is 47.8 Å². The minimum absolute atomic E-state index is 0.766. The van der Waals surface area contributed by atoms with Gasteiger partial charge in [0.25, 0.3) is 0 Å². The number of hydrogen-bond acceptors (Lipinski definition) is 1. The molecule has 2 bridgehead atoms. The molecule has 2 aliphatic carbocycles. The third kappa shape index (κ3) is 0.993. The van der Waals surface area contributed by atoms with Crippen molar-refractivity contribution >= 4 is 0 Å². The summed E-state index contributed by atoms with van der Waals surface area (Å²) in [6, 6.07) is 10.5. The Hall–Kier alpha value is -1.57. The summed E-state index contributed by atoms with van der Waals surface area (Å²) >= 11 is 0. The van der Waals surface area contributed by atoms with Crippen LogP contribution in [0.5, 0.6) is 0 Å². The first-order valence-electron chi connectivity index (χ1n) is 6.07. The van der Waals surface area contributed by atoms with Crippen LogP contribution < -0.4 is 0 Å². The van der Waals surface area contributed by atoms with E-state index in [2.05, 4.69) is 46.3 Å². The fraction of sp³-hybridized carbons (Fsp3) is 0.357. The molecule has 0 spiro atoms. The summed E-state index contributed by atoms with van der Waals surface area (Å²) in [4.78, 5) is 0. The van der Waals surface area contributed by atoms with Crippen LogP contribution in [0.4, 0.5) is 0 Å². The summed E-state index contributed by atoms with van der Waals surface area (Å²) in [6.45, 7) is 0. The molecule has 1 fully saturated rings. The molecule has 1 saturated carbocycles. The van der Waals surface area contributed by atoms with Gasteiger partial charge < -0.3 is 0 Å². The van der Waals surface area contributed by atoms with E-state index in [1.165, 1.54) is 36.2 Å². The molecule has 2 heteroatoms. The van der Waals surface area contributed by atoms with Gasteiger partial charge in [-0.15, -0.1) is 0 Å². The lowest BCUT2D eigenvalue weighted by atomic mass is 9.98. The average Bonchev–Trinajstić information content (AvgIpc) is 3.03. The van der Waals surface area contributed by atoms with Gasteiger partial charge in [0.2, 0.25) is 0 Å². The molecule has 0 saturated heterocycles. The Kier molecular flexibility index (Phi) is 1.59. The molecule has 16 heavy (non-hydrogen) atoms. The van der Waals surface area contributed by atoms with Crippen molar-refractivity contribution in [2.45, 2.75) is 31.1 Å². The molecule has 1 heterocycles. The van der Waals surface area contributed by atoms with E-state index >= 15 is 0 Å². The minimum atomic E-state index is 0.766. The first-order chi connectivity index (χ1) is 7.93. The maximum absolute atomic E-state index is 4.57. The first kappa shape index (κ1) is 8.57. The highest BCUT2D eigenvalue weighted by Crippen LogP contribution is 2.53. The van der Waals surface area contributed by atoms with Crippen molar-refractivity contribution in [3.63, 3.8) is 0 Å². The lowest BCUT2D eigenvalue weighted by Gasteiger charge is -2.13. The molecule has 1 aromatic carbocycles. The Morgan fingerprint density at radius 1 is 1.06 bits per heavy atom. The third-order valence-corrected chi connectivity index (χ3v) is 4.10. The average molecular weight is 210 g/mol. The second-order valence-corrected chi connectivity index (χ2v) is 4.94. The van der Waals surface area contributed by atoms with Crippen LogP contribution >= 0.6 is 0 Å². The molecular weight excluding hydrogens is 196 g/mol. The molecule has 2 aromatic rings. The van der Waals surface area contributed by atoms with Gasteiger partial charge in [0.15, 0.2) is 0 Å². The third-order valence-electron chi connectivity index (χ3n) is 4.10. The second-order valence-electron chi connectivity index (χ2n) is 4.94. The van der Waals surface area contributed by atoms with Crippen LogP contribution in [0.1, 0.15) is 42.4 Å². The second kappa shape index (κ2) is 2.97. The van der Waals surface area contributed by atoms with Crippen LogP contribution in [0.25, 0.3) is 5.69 Å². The molecule has 0 aliphatic heterocycles. The summed E-state index contributed by atoms with van der Waals surface area (Å²) in [5.74, 6) is 1.57. The van der Waals surface area contributed by atoms with Crippen molar-refractivity contribution in [3.8, 4) is 5.69 Å². The van der Waals surface area contributed by atoms with Crippen LogP contribution in [-0.4, -0.2) is 9.78 Å². The van der Waals surface area contributed by atoms with Crippen LogP contribution in [-0.2, 0) is 0 Å².